The second-order valence-corrected chi connectivity index (χ2v) is 5.76. The summed E-state index contributed by atoms with van der Waals surface area (Å²) in [6, 6.07) is -1.08. The maximum atomic E-state index is 12.1. The Morgan fingerprint density at radius 2 is 2.20 bits per heavy atom. The molecule has 0 saturated carbocycles. The van der Waals surface area contributed by atoms with Crippen molar-refractivity contribution in [2.45, 2.75) is 26.4 Å². The third-order valence-electron chi connectivity index (χ3n) is 3.50. The molecule has 110 valence electrons. The Morgan fingerprint density at radius 3 is 2.75 bits per heavy atom. The van der Waals surface area contributed by atoms with Crippen molar-refractivity contribution in [3.8, 4) is 0 Å². The summed E-state index contributed by atoms with van der Waals surface area (Å²) in [4.78, 5) is 24.5. The fourth-order valence-corrected chi connectivity index (χ4v) is 3.33. The van der Waals surface area contributed by atoms with Gasteiger partial charge >= 0.3 is 12.0 Å². The zero-order valence-electron chi connectivity index (χ0n) is 11.7. The van der Waals surface area contributed by atoms with Crippen LogP contribution in [0.25, 0.3) is 0 Å². The second kappa shape index (κ2) is 5.74. The number of thioether (sulfide) groups is 1. The molecule has 2 heterocycles. The van der Waals surface area contributed by atoms with Crippen LogP contribution in [-0.2, 0) is 18.4 Å². The predicted molar refractivity (Wildman–Crippen MR) is 75.5 cm³/mol. The minimum Gasteiger partial charge on any atom is -0.480 e. The van der Waals surface area contributed by atoms with Crippen molar-refractivity contribution >= 4 is 23.8 Å². The van der Waals surface area contributed by atoms with Gasteiger partial charge in [0, 0.05) is 30.6 Å². The molecule has 1 aliphatic rings. The highest BCUT2D eigenvalue weighted by Crippen LogP contribution is 2.21. The molecule has 1 aromatic rings. The van der Waals surface area contributed by atoms with E-state index in [9.17, 15) is 9.59 Å². The molecule has 1 aliphatic heterocycles. The van der Waals surface area contributed by atoms with Crippen LogP contribution in [0.1, 0.15) is 17.0 Å². The zero-order valence-corrected chi connectivity index (χ0v) is 12.5. The summed E-state index contributed by atoms with van der Waals surface area (Å²) >= 11 is 1.45. The Bertz CT molecular complexity index is 543. The Kier molecular flexibility index (Phi) is 4.22. The molecule has 0 radical (unpaired) electrons. The van der Waals surface area contributed by atoms with Gasteiger partial charge in [-0.1, -0.05) is 0 Å². The van der Waals surface area contributed by atoms with Crippen molar-refractivity contribution < 1.29 is 14.7 Å². The Hall–Kier alpha value is -1.70. The number of urea groups is 1. The quantitative estimate of drug-likeness (QED) is 0.858. The number of hydrogen-bond acceptors (Lipinski definition) is 4. The predicted octanol–water partition coefficient (Wildman–Crippen LogP) is 0.706. The van der Waals surface area contributed by atoms with Crippen LogP contribution in [0, 0.1) is 13.8 Å². The molecule has 1 fully saturated rings. The van der Waals surface area contributed by atoms with Crippen LogP contribution in [0.15, 0.2) is 0 Å². The summed E-state index contributed by atoms with van der Waals surface area (Å²) in [5.41, 5.74) is 2.84. The standard InChI is InChI=1S/C12H18N4O3S/c1-7-9(8(2)15(3)14-7)4-13-12(19)16-6-20-5-10(16)11(17)18/h10H,4-6H2,1-3H3,(H,13,19)(H,17,18)/t10-/m0/s1. The van der Waals surface area contributed by atoms with Crippen LogP contribution in [0.3, 0.4) is 0 Å². The first-order chi connectivity index (χ1) is 9.41. The highest BCUT2D eigenvalue weighted by molar-refractivity contribution is 7.99. The van der Waals surface area contributed by atoms with E-state index >= 15 is 0 Å². The van der Waals surface area contributed by atoms with Crippen molar-refractivity contribution in [3.05, 3.63) is 17.0 Å². The number of carboxylic acid groups (broad SMARTS) is 1. The summed E-state index contributed by atoms with van der Waals surface area (Å²) in [5, 5.41) is 16.1. The molecule has 0 aromatic carbocycles. The van der Waals surface area contributed by atoms with Gasteiger partial charge in [0.1, 0.15) is 6.04 Å². The zero-order chi connectivity index (χ0) is 14.9. The van der Waals surface area contributed by atoms with E-state index in [0.717, 1.165) is 17.0 Å². The average molecular weight is 298 g/mol. The number of nitrogens with zero attached hydrogens (tertiary/aromatic N) is 3. The third kappa shape index (κ3) is 2.74. The highest BCUT2D eigenvalue weighted by atomic mass is 32.2. The van der Waals surface area contributed by atoms with Crippen molar-refractivity contribution in [3.63, 3.8) is 0 Å². The highest BCUT2D eigenvalue weighted by Gasteiger charge is 2.34. The van der Waals surface area contributed by atoms with Gasteiger partial charge in [0.25, 0.3) is 0 Å². The summed E-state index contributed by atoms with van der Waals surface area (Å²) < 4.78 is 1.77. The Morgan fingerprint density at radius 1 is 1.50 bits per heavy atom. The van der Waals surface area contributed by atoms with E-state index in [2.05, 4.69) is 10.4 Å². The molecule has 0 unspecified atom stereocenters. The molecule has 1 saturated heterocycles. The number of aliphatic carboxylic acids is 1. The van der Waals surface area contributed by atoms with E-state index in [1.807, 2.05) is 20.9 Å². The number of carbonyl (C=O) groups is 2. The van der Waals surface area contributed by atoms with Crippen LogP contribution in [0.5, 0.6) is 0 Å². The first kappa shape index (κ1) is 14.7. The number of aromatic nitrogens is 2. The van der Waals surface area contributed by atoms with Crippen molar-refractivity contribution in [1.29, 1.82) is 0 Å². The van der Waals surface area contributed by atoms with E-state index in [4.69, 9.17) is 5.11 Å². The fourth-order valence-electron chi connectivity index (χ4n) is 2.19. The Balaban J connectivity index is 2.00. The molecule has 0 bridgehead atoms. The fraction of sp³-hybridized carbons (Fsp3) is 0.583. The molecule has 2 N–H and O–H groups in total. The number of hydrogen-bond donors (Lipinski definition) is 2. The number of nitrogens with one attached hydrogen (secondary N) is 1. The lowest BCUT2D eigenvalue weighted by atomic mass is 10.2. The van der Waals surface area contributed by atoms with Gasteiger partial charge in [-0.3, -0.25) is 4.68 Å². The largest absolute Gasteiger partial charge is 0.480 e. The van der Waals surface area contributed by atoms with Gasteiger partial charge in [-0.25, -0.2) is 9.59 Å². The maximum Gasteiger partial charge on any atom is 0.327 e. The first-order valence-corrected chi connectivity index (χ1v) is 7.41. The topological polar surface area (TPSA) is 87.5 Å². The third-order valence-corrected chi connectivity index (χ3v) is 4.52. The molecule has 1 atom stereocenters. The van der Waals surface area contributed by atoms with E-state index in [0.29, 0.717) is 18.2 Å². The summed E-state index contributed by atoms with van der Waals surface area (Å²) in [6.45, 7) is 4.19. The second-order valence-electron chi connectivity index (χ2n) is 4.76. The van der Waals surface area contributed by atoms with Crippen molar-refractivity contribution in [2.75, 3.05) is 11.6 Å². The van der Waals surface area contributed by atoms with E-state index in [1.165, 1.54) is 16.7 Å². The number of carboxylic acids is 1. The van der Waals surface area contributed by atoms with Gasteiger partial charge in [-0.05, 0) is 13.8 Å². The van der Waals surface area contributed by atoms with Crippen molar-refractivity contribution in [2.24, 2.45) is 7.05 Å². The minimum atomic E-state index is -0.959. The van der Waals surface area contributed by atoms with Gasteiger partial charge in [0.05, 0.1) is 11.6 Å². The molecule has 7 nitrogen and oxygen atoms in total. The summed E-state index contributed by atoms with van der Waals surface area (Å²) in [5.74, 6) is -0.111. The molecule has 20 heavy (non-hydrogen) atoms. The molecule has 0 aliphatic carbocycles. The van der Waals surface area contributed by atoms with Crippen LogP contribution >= 0.6 is 11.8 Å². The molecular weight excluding hydrogens is 280 g/mol. The summed E-state index contributed by atoms with van der Waals surface area (Å²) in [6.07, 6.45) is 0. The lowest BCUT2D eigenvalue weighted by molar-refractivity contribution is -0.140. The lowest BCUT2D eigenvalue weighted by Gasteiger charge is -2.20. The average Bonchev–Trinajstić information content (AvgIpc) is 2.95. The van der Waals surface area contributed by atoms with Gasteiger partial charge in [-0.15, -0.1) is 11.8 Å². The van der Waals surface area contributed by atoms with Crippen LogP contribution in [-0.4, -0.2) is 49.5 Å². The van der Waals surface area contributed by atoms with E-state index in [-0.39, 0.29) is 6.03 Å². The molecule has 0 spiro atoms. The molecular formula is C12H18N4O3S. The number of carbonyl (C=O) groups excluding carboxylic acids is 1. The molecule has 2 amide bonds. The molecule has 8 heteroatoms. The van der Waals surface area contributed by atoms with Crippen LogP contribution in [0.2, 0.25) is 0 Å². The minimum absolute atomic E-state index is 0.343. The van der Waals surface area contributed by atoms with Gasteiger partial charge in [0.2, 0.25) is 0 Å². The first-order valence-electron chi connectivity index (χ1n) is 6.26. The SMILES string of the molecule is Cc1nn(C)c(C)c1CNC(=O)N1CSC[C@H]1C(=O)O. The molecule has 1 aromatic heterocycles. The lowest BCUT2D eigenvalue weighted by Crippen LogP contribution is -2.46. The monoisotopic (exact) mass is 298 g/mol. The van der Waals surface area contributed by atoms with E-state index < -0.39 is 12.0 Å². The van der Waals surface area contributed by atoms with Crippen LogP contribution < -0.4 is 5.32 Å². The Labute approximate surface area is 121 Å². The van der Waals surface area contributed by atoms with Crippen LogP contribution in [0.4, 0.5) is 4.79 Å². The summed E-state index contributed by atoms with van der Waals surface area (Å²) in [7, 11) is 1.85. The van der Waals surface area contributed by atoms with Gasteiger partial charge in [-0.2, -0.15) is 5.10 Å². The number of aryl methyl sites for hydroxylation is 2. The maximum absolute atomic E-state index is 12.1. The number of amides is 2. The molecule has 2 rings (SSSR count). The van der Waals surface area contributed by atoms with E-state index in [1.54, 1.807) is 4.68 Å². The number of rotatable bonds is 3. The van der Waals surface area contributed by atoms with Gasteiger partial charge < -0.3 is 15.3 Å². The van der Waals surface area contributed by atoms with Crippen molar-refractivity contribution in [1.82, 2.24) is 20.0 Å². The smallest absolute Gasteiger partial charge is 0.327 e. The van der Waals surface area contributed by atoms with Gasteiger partial charge in [0.15, 0.2) is 0 Å². The normalized spacial score (nSPS) is 18.4.